The molecular weight excluding hydrogens is 182 g/mol. The zero-order valence-electron chi connectivity index (χ0n) is 8.25. The van der Waals surface area contributed by atoms with Gasteiger partial charge in [0.1, 0.15) is 6.54 Å². The molecule has 14 heavy (non-hydrogen) atoms. The number of nitrogens with zero attached hydrogens (tertiary/aromatic N) is 1. The maximum atomic E-state index is 11.5. The Morgan fingerprint density at radius 2 is 2.43 bits per heavy atom. The van der Waals surface area contributed by atoms with Gasteiger partial charge in [-0.15, -0.1) is 0 Å². The fourth-order valence-corrected chi connectivity index (χ4v) is 1.53. The first-order valence-electron chi connectivity index (χ1n) is 4.75. The van der Waals surface area contributed by atoms with E-state index in [1.54, 1.807) is 0 Å². The van der Waals surface area contributed by atoms with Gasteiger partial charge in [-0.05, 0) is 6.54 Å². The average Bonchev–Trinajstić information content (AvgIpc) is 2.63. The molecule has 0 spiro atoms. The Morgan fingerprint density at radius 3 is 3.07 bits per heavy atom. The minimum atomic E-state index is -0.164. The van der Waals surface area contributed by atoms with Crippen LogP contribution < -0.4 is 10.6 Å². The van der Waals surface area contributed by atoms with Crippen molar-refractivity contribution in [1.29, 1.82) is 5.26 Å². The Hall–Kier alpha value is -1.12. The van der Waals surface area contributed by atoms with Gasteiger partial charge in [-0.3, -0.25) is 4.79 Å². The number of amides is 1. The number of rotatable bonds is 4. The predicted molar refractivity (Wildman–Crippen MR) is 50.4 cm³/mol. The van der Waals surface area contributed by atoms with Crippen molar-refractivity contribution in [2.24, 2.45) is 5.92 Å². The highest BCUT2D eigenvalue weighted by Crippen LogP contribution is 2.13. The van der Waals surface area contributed by atoms with Crippen LogP contribution in [0, 0.1) is 17.2 Å². The molecule has 2 unspecified atom stereocenters. The molecule has 0 aromatic carbocycles. The Labute approximate surface area is 83.4 Å². The van der Waals surface area contributed by atoms with E-state index in [4.69, 9.17) is 10.00 Å². The smallest absolute Gasteiger partial charge is 0.227 e. The maximum absolute atomic E-state index is 11.5. The van der Waals surface area contributed by atoms with E-state index < -0.39 is 0 Å². The summed E-state index contributed by atoms with van der Waals surface area (Å²) in [6, 6.07) is 1.96. The van der Waals surface area contributed by atoms with Gasteiger partial charge in [0.2, 0.25) is 5.91 Å². The summed E-state index contributed by atoms with van der Waals surface area (Å²) < 4.78 is 5.22. The third-order valence-corrected chi connectivity index (χ3v) is 2.23. The van der Waals surface area contributed by atoms with Crippen LogP contribution >= 0.6 is 0 Å². The predicted octanol–water partition coefficient (Wildman–Crippen LogP) is -0.749. The number of hydrogen-bond donors (Lipinski definition) is 2. The standard InChI is InChI=1S/C9H15N3O2/c1-2-11-8-6-14-5-7(8)9(13)12-4-3-10/h7-8,11H,2,4-6H2,1H3,(H,12,13). The van der Waals surface area contributed by atoms with Crippen LogP contribution in [0.2, 0.25) is 0 Å². The summed E-state index contributed by atoms with van der Waals surface area (Å²) in [6.07, 6.45) is 0. The van der Waals surface area contributed by atoms with Gasteiger partial charge >= 0.3 is 0 Å². The second kappa shape index (κ2) is 5.58. The number of nitriles is 1. The molecule has 0 aromatic rings. The van der Waals surface area contributed by atoms with Crippen LogP contribution in [0.5, 0.6) is 0 Å². The van der Waals surface area contributed by atoms with Gasteiger partial charge in [-0.25, -0.2) is 0 Å². The maximum Gasteiger partial charge on any atom is 0.227 e. The van der Waals surface area contributed by atoms with Gasteiger partial charge in [0.15, 0.2) is 0 Å². The first-order valence-corrected chi connectivity index (χ1v) is 4.75. The van der Waals surface area contributed by atoms with Crippen molar-refractivity contribution in [2.45, 2.75) is 13.0 Å². The normalized spacial score (nSPS) is 25.7. The highest BCUT2D eigenvalue weighted by Gasteiger charge is 2.32. The number of nitrogens with one attached hydrogen (secondary N) is 2. The van der Waals surface area contributed by atoms with E-state index >= 15 is 0 Å². The van der Waals surface area contributed by atoms with Crippen molar-refractivity contribution >= 4 is 5.91 Å². The molecule has 0 aromatic heterocycles. The molecule has 1 aliphatic heterocycles. The molecule has 5 heteroatoms. The number of carbonyl (C=O) groups is 1. The molecule has 5 nitrogen and oxygen atoms in total. The molecule has 0 aliphatic carbocycles. The molecule has 0 saturated carbocycles. The lowest BCUT2D eigenvalue weighted by atomic mass is 10.0. The van der Waals surface area contributed by atoms with Crippen molar-refractivity contribution in [3.05, 3.63) is 0 Å². The Balaban J connectivity index is 2.41. The lowest BCUT2D eigenvalue weighted by Crippen LogP contribution is -2.43. The molecule has 1 aliphatic rings. The van der Waals surface area contributed by atoms with Crippen LogP contribution in [0.1, 0.15) is 6.92 Å². The molecule has 78 valence electrons. The van der Waals surface area contributed by atoms with Gasteiger partial charge in [0.25, 0.3) is 0 Å². The third kappa shape index (κ3) is 2.69. The summed E-state index contributed by atoms with van der Waals surface area (Å²) in [5, 5.41) is 14.0. The zero-order chi connectivity index (χ0) is 10.4. The van der Waals surface area contributed by atoms with Crippen molar-refractivity contribution in [2.75, 3.05) is 26.3 Å². The number of likely N-dealkylation sites (N-methyl/N-ethyl adjacent to an activating group) is 1. The minimum Gasteiger partial charge on any atom is -0.379 e. The SMILES string of the molecule is CCNC1COCC1C(=O)NCC#N. The van der Waals surface area contributed by atoms with E-state index in [0.29, 0.717) is 13.2 Å². The molecule has 1 rings (SSSR count). The van der Waals surface area contributed by atoms with Crippen molar-refractivity contribution in [3.63, 3.8) is 0 Å². The van der Waals surface area contributed by atoms with Crippen molar-refractivity contribution in [3.8, 4) is 6.07 Å². The summed E-state index contributed by atoms with van der Waals surface area (Å²) in [4.78, 5) is 11.5. The highest BCUT2D eigenvalue weighted by molar-refractivity contribution is 5.80. The molecule has 0 bridgehead atoms. The summed E-state index contributed by atoms with van der Waals surface area (Å²) >= 11 is 0. The first kappa shape index (κ1) is 11.0. The molecule has 1 fully saturated rings. The van der Waals surface area contributed by atoms with Gasteiger partial charge in [0, 0.05) is 6.04 Å². The second-order valence-electron chi connectivity index (χ2n) is 3.18. The fourth-order valence-electron chi connectivity index (χ4n) is 1.53. The molecule has 2 N–H and O–H groups in total. The van der Waals surface area contributed by atoms with Crippen molar-refractivity contribution < 1.29 is 9.53 Å². The Bertz CT molecular complexity index is 237. The molecule has 0 radical (unpaired) electrons. The van der Waals surface area contributed by atoms with E-state index in [-0.39, 0.29) is 24.4 Å². The van der Waals surface area contributed by atoms with E-state index in [0.717, 1.165) is 6.54 Å². The highest BCUT2D eigenvalue weighted by atomic mass is 16.5. The van der Waals surface area contributed by atoms with E-state index in [2.05, 4.69) is 10.6 Å². The van der Waals surface area contributed by atoms with E-state index in [9.17, 15) is 4.79 Å². The van der Waals surface area contributed by atoms with Gasteiger partial charge < -0.3 is 15.4 Å². The lowest BCUT2D eigenvalue weighted by Gasteiger charge is -2.16. The molecule has 1 saturated heterocycles. The minimum absolute atomic E-state index is 0.0637. The van der Waals surface area contributed by atoms with Gasteiger partial charge in [0.05, 0.1) is 25.2 Å². The zero-order valence-corrected chi connectivity index (χ0v) is 8.25. The quantitative estimate of drug-likeness (QED) is 0.582. The van der Waals surface area contributed by atoms with E-state index in [1.165, 1.54) is 0 Å². The summed E-state index contributed by atoms with van der Waals surface area (Å²) in [5.74, 6) is -0.265. The summed E-state index contributed by atoms with van der Waals surface area (Å²) in [7, 11) is 0. The molecule has 1 heterocycles. The number of carbonyl (C=O) groups excluding carboxylic acids is 1. The lowest BCUT2D eigenvalue weighted by molar-refractivity contribution is -0.125. The fraction of sp³-hybridized carbons (Fsp3) is 0.778. The average molecular weight is 197 g/mol. The first-order chi connectivity index (χ1) is 6.79. The Morgan fingerprint density at radius 1 is 1.64 bits per heavy atom. The van der Waals surface area contributed by atoms with Crippen LogP contribution in [0.4, 0.5) is 0 Å². The molecule has 2 atom stereocenters. The number of ether oxygens (including phenoxy) is 1. The van der Waals surface area contributed by atoms with Crippen molar-refractivity contribution in [1.82, 2.24) is 10.6 Å². The second-order valence-corrected chi connectivity index (χ2v) is 3.18. The van der Waals surface area contributed by atoms with Crippen LogP contribution in [0.25, 0.3) is 0 Å². The van der Waals surface area contributed by atoms with Crippen LogP contribution in [-0.2, 0) is 9.53 Å². The summed E-state index contributed by atoms with van der Waals surface area (Å²) in [5.41, 5.74) is 0. The van der Waals surface area contributed by atoms with Crippen LogP contribution in [0.3, 0.4) is 0 Å². The van der Waals surface area contributed by atoms with Gasteiger partial charge in [-0.1, -0.05) is 6.92 Å². The van der Waals surface area contributed by atoms with E-state index in [1.807, 2.05) is 13.0 Å². The van der Waals surface area contributed by atoms with Crippen LogP contribution in [0.15, 0.2) is 0 Å². The van der Waals surface area contributed by atoms with Crippen LogP contribution in [-0.4, -0.2) is 38.3 Å². The topological polar surface area (TPSA) is 74.2 Å². The number of hydrogen-bond acceptors (Lipinski definition) is 4. The van der Waals surface area contributed by atoms with Gasteiger partial charge in [-0.2, -0.15) is 5.26 Å². The monoisotopic (exact) mass is 197 g/mol. The molecular formula is C9H15N3O2. The largest absolute Gasteiger partial charge is 0.379 e. The summed E-state index contributed by atoms with van der Waals surface area (Å²) in [6.45, 7) is 3.88. The molecule has 1 amide bonds. The Kier molecular flexibility index (Phi) is 4.36. The third-order valence-electron chi connectivity index (χ3n) is 2.23.